The summed E-state index contributed by atoms with van der Waals surface area (Å²) in [7, 11) is -6.61. The maximum atomic E-state index is 14.1. The number of halogens is 25. The summed E-state index contributed by atoms with van der Waals surface area (Å²) in [5.74, 6) is -88.7. The van der Waals surface area contributed by atoms with E-state index in [9.17, 15) is 110 Å². The molecule has 0 aliphatic rings. The molecule has 0 aliphatic heterocycles. The predicted molar refractivity (Wildman–Crippen MR) is 95.3 cm³/mol. The molecule has 28 heteroatoms. The van der Waals surface area contributed by atoms with Gasteiger partial charge in [0.1, 0.15) is 0 Å². The lowest BCUT2D eigenvalue weighted by Gasteiger charge is -2.46. The van der Waals surface area contributed by atoms with Gasteiger partial charge in [-0.1, -0.05) is 0 Å². The zero-order valence-electron chi connectivity index (χ0n) is 21.2. The Bertz CT molecular complexity index is 1040. The summed E-state index contributed by atoms with van der Waals surface area (Å²) in [6.45, 7) is -0.399. The van der Waals surface area contributed by atoms with E-state index in [-0.39, 0.29) is 14.2 Å². The van der Waals surface area contributed by atoms with E-state index in [0.29, 0.717) is 0 Å². The maximum absolute atomic E-state index is 14.1. The van der Waals surface area contributed by atoms with Crippen LogP contribution >= 0.6 is 0 Å². The Balaban J connectivity index is 7.32. The topological polar surface area (TPSA) is 18.5 Å². The lowest BCUT2D eigenvalue weighted by Crippen LogP contribution is -2.79. The minimum atomic E-state index is -9.49. The summed E-state index contributed by atoms with van der Waals surface area (Å²) < 4.78 is 348. The Morgan fingerprint density at radius 3 is 0.800 bits per heavy atom. The SMILES string of the molecule is CO[Si](C)(OC)C(F)(F)C(F)(F)C(F)(F)C(F)(F)C(F)(F)C(F)(F)C(F)(F)C(F)(F)C(F)(F)C(F)(F)C(F)(F)CCC(F)(F)F. The van der Waals surface area contributed by atoms with Crippen LogP contribution in [-0.2, 0) is 8.85 Å². The third-order valence-corrected chi connectivity index (χ3v) is 9.09. The quantitative estimate of drug-likeness (QED) is 0.123. The van der Waals surface area contributed by atoms with Gasteiger partial charge in [0, 0.05) is 27.1 Å². The molecule has 0 fully saturated rings. The van der Waals surface area contributed by atoms with Crippen molar-refractivity contribution in [1.82, 2.24) is 0 Å². The Kier molecular flexibility index (Phi) is 10.8. The second-order valence-electron chi connectivity index (χ2n) is 8.92. The number of hydrogen-bond donors (Lipinski definition) is 0. The van der Waals surface area contributed by atoms with Crippen molar-refractivity contribution in [2.45, 2.75) is 90.3 Å². The molecule has 2 nitrogen and oxygen atoms in total. The highest BCUT2D eigenvalue weighted by Gasteiger charge is 2.99. The van der Waals surface area contributed by atoms with Gasteiger partial charge in [0.25, 0.3) is 0 Å². The fourth-order valence-electron chi connectivity index (χ4n) is 2.89. The molecule has 45 heavy (non-hydrogen) atoms. The van der Waals surface area contributed by atoms with E-state index >= 15 is 0 Å². The van der Waals surface area contributed by atoms with Crippen molar-refractivity contribution in [3.8, 4) is 0 Å². The van der Waals surface area contributed by atoms with Gasteiger partial charge in [-0.25, -0.2) is 0 Å². The van der Waals surface area contributed by atoms with Crippen LogP contribution in [0.2, 0.25) is 6.55 Å². The van der Waals surface area contributed by atoms with Gasteiger partial charge in [-0.05, 0) is 6.55 Å². The lowest BCUT2D eigenvalue weighted by molar-refractivity contribution is -0.473. The van der Waals surface area contributed by atoms with Crippen molar-refractivity contribution in [1.29, 1.82) is 0 Å². The Morgan fingerprint density at radius 2 is 0.578 bits per heavy atom. The predicted octanol–water partition coefficient (Wildman–Crippen LogP) is 9.22. The lowest BCUT2D eigenvalue weighted by atomic mass is 9.85. The molecule has 0 atom stereocenters. The highest BCUT2D eigenvalue weighted by atomic mass is 28.4. The molecule has 0 spiro atoms. The fourth-order valence-corrected chi connectivity index (χ4v) is 4.29. The molecule has 0 saturated heterocycles. The third-order valence-electron chi connectivity index (χ3n) is 6.08. The zero-order chi connectivity index (χ0) is 37.3. The number of alkyl halides is 25. The van der Waals surface area contributed by atoms with Gasteiger partial charge in [-0.2, -0.15) is 110 Å². The van der Waals surface area contributed by atoms with Gasteiger partial charge < -0.3 is 8.85 Å². The van der Waals surface area contributed by atoms with Crippen molar-refractivity contribution in [2.24, 2.45) is 0 Å². The Labute approximate surface area is 233 Å². The van der Waals surface area contributed by atoms with E-state index in [4.69, 9.17) is 0 Å². The van der Waals surface area contributed by atoms with Crippen LogP contribution in [0.25, 0.3) is 0 Å². The molecule has 0 aromatic rings. The molecule has 0 heterocycles. The second kappa shape index (κ2) is 11.2. The monoisotopic (exact) mass is 752 g/mol. The van der Waals surface area contributed by atoms with Crippen LogP contribution in [0.5, 0.6) is 0 Å². The van der Waals surface area contributed by atoms with E-state index in [1.54, 1.807) is 0 Å². The minimum Gasteiger partial charge on any atom is -0.394 e. The maximum Gasteiger partial charge on any atom is 0.418 e. The van der Waals surface area contributed by atoms with E-state index in [2.05, 4.69) is 8.85 Å². The molecule has 0 unspecified atom stereocenters. The molecule has 0 aromatic carbocycles. The van der Waals surface area contributed by atoms with E-state index in [1.165, 1.54) is 0 Å². The molecule has 0 N–H and O–H groups in total. The van der Waals surface area contributed by atoms with Crippen molar-refractivity contribution in [3.63, 3.8) is 0 Å². The first kappa shape index (κ1) is 43.4. The second-order valence-corrected chi connectivity index (χ2v) is 12.3. The van der Waals surface area contributed by atoms with Crippen LogP contribution in [0.3, 0.4) is 0 Å². The molecular weight excluding hydrogens is 739 g/mol. The normalized spacial score (nSPS) is 16.8. The Hall–Kier alpha value is -1.61. The Morgan fingerprint density at radius 1 is 0.356 bits per heavy atom. The van der Waals surface area contributed by atoms with Gasteiger partial charge in [-0.3, -0.25) is 0 Å². The van der Waals surface area contributed by atoms with Gasteiger partial charge in [-0.15, -0.1) is 0 Å². The first-order valence-corrected chi connectivity index (χ1v) is 12.7. The standard InChI is InChI=1S/C17H13F25O2Si/c1-43-45(3,44-2)17(41,42)16(39,40)15(37,38)14(35,36)13(33,34)12(31,32)11(29,30)10(27,28)9(25,26)8(23,24)6(18,19)4-5-7(20,21)22/h4-5H2,1-3H3. The molecule has 0 saturated carbocycles. The fraction of sp³-hybridized carbons (Fsp3) is 1.00. The molecule has 0 aromatic heterocycles. The van der Waals surface area contributed by atoms with Crippen LogP contribution in [0.4, 0.5) is 110 Å². The summed E-state index contributed by atoms with van der Waals surface area (Å²) in [4.78, 5) is 0. The zero-order valence-corrected chi connectivity index (χ0v) is 22.2. The van der Waals surface area contributed by atoms with Gasteiger partial charge in [0.05, 0.1) is 0 Å². The highest BCUT2D eigenvalue weighted by molar-refractivity contribution is 6.68. The van der Waals surface area contributed by atoms with Crippen LogP contribution in [0.15, 0.2) is 0 Å². The first-order valence-electron chi connectivity index (χ1n) is 10.4. The smallest absolute Gasteiger partial charge is 0.394 e. The van der Waals surface area contributed by atoms with Gasteiger partial charge >= 0.3 is 79.5 Å². The highest BCUT2D eigenvalue weighted by Crippen LogP contribution is 2.67. The van der Waals surface area contributed by atoms with E-state index in [0.717, 1.165) is 0 Å². The third kappa shape index (κ3) is 5.67. The van der Waals surface area contributed by atoms with Crippen molar-refractivity contribution >= 4 is 8.56 Å². The van der Waals surface area contributed by atoms with E-state index in [1.807, 2.05) is 0 Å². The summed E-state index contributed by atoms with van der Waals surface area (Å²) in [5.41, 5.74) is -7.01. The van der Waals surface area contributed by atoms with Gasteiger partial charge in [0.2, 0.25) is 0 Å². The summed E-state index contributed by atoms with van der Waals surface area (Å²) in [5, 5.41) is 0. The first-order chi connectivity index (χ1) is 19.1. The molecule has 0 rings (SSSR count). The van der Waals surface area contributed by atoms with Crippen molar-refractivity contribution in [2.75, 3.05) is 14.2 Å². The van der Waals surface area contributed by atoms with Gasteiger partial charge in [0.15, 0.2) is 0 Å². The average Bonchev–Trinajstić information content (AvgIpc) is 2.85. The van der Waals surface area contributed by atoms with Crippen LogP contribution in [0.1, 0.15) is 12.8 Å². The molecule has 0 bridgehead atoms. The molecule has 0 radical (unpaired) electrons. The van der Waals surface area contributed by atoms with E-state index < -0.39 is 98.9 Å². The summed E-state index contributed by atoms with van der Waals surface area (Å²) in [6, 6.07) is 0. The van der Waals surface area contributed by atoms with Crippen LogP contribution in [0, 0.1) is 0 Å². The van der Waals surface area contributed by atoms with Crippen LogP contribution in [-0.4, -0.2) is 93.7 Å². The average molecular weight is 752 g/mol. The van der Waals surface area contributed by atoms with Crippen molar-refractivity contribution in [3.05, 3.63) is 0 Å². The van der Waals surface area contributed by atoms with Crippen molar-refractivity contribution < 1.29 is 119 Å². The largest absolute Gasteiger partial charge is 0.418 e. The molecule has 0 amide bonds. The number of rotatable bonds is 15. The molecule has 272 valence electrons. The number of hydrogen-bond acceptors (Lipinski definition) is 2. The molecular formula is C17H13F25O2Si. The summed E-state index contributed by atoms with van der Waals surface area (Å²) >= 11 is 0. The molecule has 0 aliphatic carbocycles. The summed E-state index contributed by atoms with van der Waals surface area (Å²) in [6.07, 6.45) is -13.1. The van der Waals surface area contributed by atoms with Crippen LogP contribution < -0.4 is 0 Å². The minimum absolute atomic E-state index is 0.0933.